The molecular formula is C17H13BrFNO. The Labute approximate surface area is 130 Å². The third kappa shape index (κ3) is 3.05. The van der Waals surface area contributed by atoms with E-state index in [1.165, 1.54) is 12.1 Å². The molecule has 0 N–H and O–H groups in total. The predicted molar refractivity (Wildman–Crippen MR) is 84.9 cm³/mol. The van der Waals surface area contributed by atoms with Gasteiger partial charge in [0.15, 0.2) is 0 Å². The lowest BCUT2D eigenvalue weighted by atomic mass is 10.1. The Kier molecular flexibility index (Phi) is 3.88. The van der Waals surface area contributed by atoms with E-state index in [9.17, 15) is 4.39 Å². The zero-order valence-electron chi connectivity index (χ0n) is 11.4. The number of rotatable bonds is 3. The van der Waals surface area contributed by atoms with Crippen LogP contribution in [0.1, 0.15) is 11.3 Å². The summed E-state index contributed by atoms with van der Waals surface area (Å²) in [5.41, 5.74) is 2.91. The number of halogens is 2. The molecule has 0 radical (unpaired) electrons. The van der Waals surface area contributed by atoms with Gasteiger partial charge in [-0.2, -0.15) is 0 Å². The highest BCUT2D eigenvalue weighted by atomic mass is 79.9. The van der Waals surface area contributed by atoms with Crippen molar-refractivity contribution in [1.82, 2.24) is 4.98 Å². The minimum absolute atomic E-state index is 0.316. The summed E-state index contributed by atoms with van der Waals surface area (Å²) in [6.45, 7) is 2.32. The molecule has 1 heterocycles. The maximum absolute atomic E-state index is 13.3. The van der Waals surface area contributed by atoms with Crippen molar-refractivity contribution in [2.75, 3.05) is 0 Å². The average molecular weight is 346 g/mol. The largest absolute Gasteiger partial charge is 0.488 e. The zero-order valence-corrected chi connectivity index (χ0v) is 13.0. The summed E-state index contributed by atoms with van der Waals surface area (Å²) >= 11 is 3.36. The minimum Gasteiger partial charge on any atom is -0.488 e. The molecule has 0 unspecified atom stereocenters. The fraction of sp³-hybridized carbons (Fsp3) is 0.118. The molecule has 0 amide bonds. The average Bonchev–Trinajstić information content (AvgIpc) is 2.47. The Morgan fingerprint density at radius 1 is 1.14 bits per heavy atom. The summed E-state index contributed by atoms with van der Waals surface area (Å²) in [5.74, 6) is 0.178. The smallest absolute Gasteiger partial charge is 0.136 e. The lowest BCUT2D eigenvalue weighted by molar-refractivity contribution is 0.304. The number of aryl methyl sites for hydroxylation is 1. The van der Waals surface area contributed by atoms with Crippen molar-refractivity contribution in [3.63, 3.8) is 0 Å². The molecule has 0 saturated carbocycles. The number of aromatic nitrogens is 1. The molecule has 2 nitrogen and oxygen atoms in total. The highest BCUT2D eigenvalue weighted by Crippen LogP contribution is 2.27. The molecule has 106 valence electrons. The normalized spacial score (nSPS) is 10.8. The first-order chi connectivity index (χ1) is 10.1. The molecule has 0 saturated heterocycles. The Balaban J connectivity index is 1.93. The van der Waals surface area contributed by atoms with Crippen molar-refractivity contribution < 1.29 is 9.13 Å². The number of para-hydroxylation sites is 1. The Bertz CT molecular complexity index is 804. The Morgan fingerprint density at radius 3 is 2.81 bits per heavy atom. The van der Waals surface area contributed by atoms with Gasteiger partial charge in [0.1, 0.15) is 18.2 Å². The molecule has 0 aliphatic heterocycles. The second-order valence-electron chi connectivity index (χ2n) is 4.80. The Hall–Kier alpha value is -1.94. The van der Waals surface area contributed by atoms with E-state index in [-0.39, 0.29) is 5.82 Å². The molecule has 0 aliphatic carbocycles. The standard InChI is InChI=1S/C17H13BrFNO/c1-11-8-12(14-4-2-3-5-16(14)20-11)10-21-17-9-13(19)6-7-15(17)18/h2-9H,10H2,1H3. The van der Waals surface area contributed by atoms with Crippen LogP contribution in [0, 0.1) is 12.7 Å². The van der Waals surface area contributed by atoms with Gasteiger partial charge in [-0.25, -0.2) is 4.39 Å². The van der Waals surface area contributed by atoms with Crippen molar-refractivity contribution in [2.45, 2.75) is 13.5 Å². The molecule has 21 heavy (non-hydrogen) atoms. The molecule has 0 fully saturated rings. The van der Waals surface area contributed by atoms with Crippen LogP contribution in [0.5, 0.6) is 5.75 Å². The number of pyridine rings is 1. The van der Waals surface area contributed by atoms with Crippen LogP contribution in [0.3, 0.4) is 0 Å². The first-order valence-corrected chi connectivity index (χ1v) is 7.36. The monoisotopic (exact) mass is 345 g/mol. The van der Waals surface area contributed by atoms with Gasteiger partial charge in [0.25, 0.3) is 0 Å². The molecule has 2 aromatic carbocycles. The van der Waals surface area contributed by atoms with Gasteiger partial charge in [0, 0.05) is 22.7 Å². The van der Waals surface area contributed by atoms with Crippen LogP contribution in [-0.4, -0.2) is 4.98 Å². The van der Waals surface area contributed by atoms with Crippen LogP contribution in [-0.2, 0) is 6.61 Å². The number of nitrogens with zero attached hydrogens (tertiary/aromatic N) is 1. The molecule has 3 rings (SSSR count). The lowest BCUT2D eigenvalue weighted by Gasteiger charge is -2.11. The number of ether oxygens (including phenoxy) is 1. The van der Waals surface area contributed by atoms with Crippen LogP contribution in [0.25, 0.3) is 10.9 Å². The van der Waals surface area contributed by atoms with Gasteiger partial charge >= 0.3 is 0 Å². The first kappa shape index (κ1) is 14.0. The maximum Gasteiger partial charge on any atom is 0.136 e. The quantitative estimate of drug-likeness (QED) is 0.664. The van der Waals surface area contributed by atoms with Crippen LogP contribution in [0.2, 0.25) is 0 Å². The maximum atomic E-state index is 13.3. The van der Waals surface area contributed by atoms with Crippen LogP contribution in [0.4, 0.5) is 4.39 Å². The fourth-order valence-electron chi connectivity index (χ4n) is 2.26. The van der Waals surface area contributed by atoms with Crippen LogP contribution in [0.15, 0.2) is 53.0 Å². The number of fused-ring (bicyclic) bond motifs is 1. The van der Waals surface area contributed by atoms with Gasteiger partial charge in [-0.1, -0.05) is 18.2 Å². The van der Waals surface area contributed by atoms with Gasteiger partial charge in [-0.05, 0) is 47.1 Å². The molecule has 0 atom stereocenters. The molecule has 0 aliphatic rings. The van der Waals surface area contributed by atoms with Gasteiger partial charge in [0.2, 0.25) is 0 Å². The van der Waals surface area contributed by atoms with Crippen molar-refractivity contribution in [3.05, 3.63) is 70.1 Å². The molecule has 0 bridgehead atoms. The van der Waals surface area contributed by atoms with Gasteiger partial charge in [0.05, 0.1) is 9.99 Å². The predicted octanol–water partition coefficient (Wildman–Crippen LogP) is 5.02. The molecule has 0 spiro atoms. The summed E-state index contributed by atoms with van der Waals surface area (Å²) in [4.78, 5) is 4.50. The van der Waals surface area contributed by atoms with E-state index in [0.717, 1.165) is 26.6 Å². The van der Waals surface area contributed by atoms with Crippen LogP contribution < -0.4 is 4.74 Å². The second-order valence-corrected chi connectivity index (χ2v) is 5.66. The SMILES string of the molecule is Cc1cc(COc2cc(F)ccc2Br)c2ccccc2n1. The van der Waals surface area contributed by atoms with Crippen molar-refractivity contribution in [3.8, 4) is 5.75 Å². The van der Waals surface area contributed by atoms with E-state index in [0.29, 0.717) is 12.4 Å². The zero-order chi connectivity index (χ0) is 14.8. The topological polar surface area (TPSA) is 22.1 Å². The van der Waals surface area contributed by atoms with Crippen molar-refractivity contribution >= 4 is 26.8 Å². The number of hydrogen-bond acceptors (Lipinski definition) is 2. The first-order valence-electron chi connectivity index (χ1n) is 6.56. The van der Waals surface area contributed by atoms with Gasteiger partial charge in [-0.15, -0.1) is 0 Å². The highest BCUT2D eigenvalue weighted by Gasteiger charge is 2.07. The number of hydrogen-bond donors (Lipinski definition) is 0. The van der Waals surface area contributed by atoms with E-state index in [2.05, 4.69) is 20.9 Å². The van der Waals surface area contributed by atoms with Gasteiger partial charge in [-0.3, -0.25) is 4.98 Å². The summed E-state index contributed by atoms with van der Waals surface area (Å²) in [6, 6.07) is 14.3. The lowest BCUT2D eigenvalue weighted by Crippen LogP contribution is -1.99. The summed E-state index contributed by atoms with van der Waals surface area (Å²) < 4.78 is 19.8. The van der Waals surface area contributed by atoms with Crippen molar-refractivity contribution in [2.24, 2.45) is 0 Å². The third-order valence-electron chi connectivity index (χ3n) is 3.21. The van der Waals surface area contributed by atoms with Crippen molar-refractivity contribution in [1.29, 1.82) is 0 Å². The fourth-order valence-corrected chi connectivity index (χ4v) is 2.62. The van der Waals surface area contributed by atoms with E-state index in [1.807, 2.05) is 37.3 Å². The highest BCUT2D eigenvalue weighted by molar-refractivity contribution is 9.10. The van der Waals surface area contributed by atoms with E-state index >= 15 is 0 Å². The van der Waals surface area contributed by atoms with E-state index in [1.54, 1.807) is 6.07 Å². The van der Waals surface area contributed by atoms with Crippen LogP contribution >= 0.6 is 15.9 Å². The van der Waals surface area contributed by atoms with Gasteiger partial charge < -0.3 is 4.74 Å². The summed E-state index contributed by atoms with van der Waals surface area (Å²) in [5, 5.41) is 1.05. The second kappa shape index (κ2) is 5.82. The third-order valence-corrected chi connectivity index (χ3v) is 3.86. The molecule has 3 aromatic rings. The molecule has 1 aromatic heterocycles. The van der Waals surface area contributed by atoms with E-state index in [4.69, 9.17) is 4.74 Å². The minimum atomic E-state index is -0.316. The summed E-state index contributed by atoms with van der Waals surface area (Å²) in [6.07, 6.45) is 0. The van der Waals surface area contributed by atoms with E-state index < -0.39 is 0 Å². The number of benzene rings is 2. The molecule has 4 heteroatoms. The summed E-state index contributed by atoms with van der Waals surface area (Å²) in [7, 11) is 0. The molecular weight excluding hydrogens is 333 g/mol. The Morgan fingerprint density at radius 2 is 1.95 bits per heavy atom.